The van der Waals surface area contributed by atoms with Crippen LogP contribution in [-0.2, 0) is 0 Å². The monoisotopic (exact) mass is 262 g/mol. The van der Waals surface area contributed by atoms with Gasteiger partial charge < -0.3 is 0 Å². The van der Waals surface area contributed by atoms with Crippen LogP contribution in [0.5, 0.6) is 0 Å². The van der Waals surface area contributed by atoms with Gasteiger partial charge in [-0.15, -0.1) is 0 Å². The van der Waals surface area contributed by atoms with Crippen LogP contribution >= 0.6 is 15.9 Å². The number of hydrogen-bond donors (Lipinski definition) is 0. The number of benzene rings is 1. The van der Waals surface area contributed by atoms with Gasteiger partial charge in [0.25, 0.3) is 0 Å². The van der Waals surface area contributed by atoms with E-state index in [9.17, 15) is 8.78 Å². The van der Waals surface area contributed by atoms with Gasteiger partial charge >= 0.3 is 0 Å². The van der Waals surface area contributed by atoms with Crippen LogP contribution in [-0.4, -0.2) is 0 Å². The summed E-state index contributed by atoms with van der Waals surface area (Å²) < 4.78 is 25.6. The molecule has 0 saturated heterocycles. The zero-order chi connectivity index (χ0) is 10.7. The molecule has 14 heavy (non-hydrogen) atoms. The van der Waals surface area contributed by atoms with E-state index in [4.69, 9.17) is 0 Å². The summed E-state index contributed by atoms with van der Waals surface area (Å²) >= 11 is 3.48. The van der Waals surface area contributed by atoms with Crippen molar-refractivity contribution in [1.29, 1.82) is 0 Å². The average molecular weight is 263 g/mol. The summed E-state index contributed by atoms with van der Waals surface area (Å²) in [4.78, 5) is 0.0857. The van der Waals surface area contributed by atoms with E-state index in [0.717, 1.165) is 12.0 Å². The fraction of sp³-hybridized carbons (Fsp3) is 0.455. The molecule has 0 aliphatic rings. The second-order valence-corrected chi connectivity index (χ2v) is 4.45. The second-order valence-electron chi connectivity index (χ2n) is 3.46. The maximum atomic E-state index is 12.9. The molecule has 0 bridgehead atoms. The largest absolute Gasteiger partial charge is 0.204 e. The molecule has 0 aliphatic heterocycles. The Morgan fingerprint density at radius 1 is 1.29 bits per heavy atom. The molecular formula is C11H13BrF2. The van der Waals surface area contributed by atoms with Crippen molar-refractivity contribution in [2.45, 2.75) is 25.1 Å². The number of halogens is 3. The molecular weight excluding hydrogens is 250 g/mol. The fourth-order valence-electron chi connectivity index (χ4n) is 1.22. The summed E-state index contributed by atoms with van der Waals surface area (Å²) in [7, 11) is 0. The Balaban J connectivity index is 2.91. The summed E-state index contributed by atoms with van der Waals surface area (Å²) in [5.41, 5.74) is 0.790. The number of rotatable bonds is 3. The highest BCUT2D eigenvalue weighted by Gasteiger charge is 2.15. The van der Waals surface area contributed by atoms with Crippen molar-refractivity contribution < 1.29 is 8.78 Å². The van der Waals surface area contributed by atoms with Gasteiger partial charge in [0.2, 0.25) is 0 Å². The lowest BCUT2D eigenvalue weighted by Gasteiger charge is -2.16. The number of alkyl halides is 1. The fourth-order valence-corrected chi connectivity index (χ4v) is 1.88. The molecule has 0 saturated carbocycles. The average Bonchev–Trinajstić information content (AvgIpc) is 2.20. The van der Waals surface area contributed by atoms with Crippen LogP contribution < -0.4 is 0 Å². The van der Waals surface area contributed by atoms with Crippen LogP contribution in [0.3, 0.4) is 0 Å². The van der Waals surface area contributed by atoms with E-state index in [1.165, 1.54) is 12.1 Å². The number of hydrogen-bond acceptors (Lipinski definition) is 0. The van der Waals surface area contributed by atoms with Gasteiger partial charge in [-0.2, -0.15) is 0 Å². The van der Waals surface area contributed by atoms with Gasteiger partial charge in [0.05, 0.1) is 0 Å². The van der Waals surface area contributed by atoms with E-state index in [2.05, 4.69) is 29.8 Å². The summed E-state index contributed by atoms with van der Waals surface area (Å²) in [6.07, 6.45) is 0.995. The van der Waals surface area contributed by atoms with Crippen LogP contribution in [0.2, 0.25) is 0 Å². The molecule has 1 rings (SSSR count). The summed E-state index contributed by atoms with van der Waals surface area (Å²) in [6, 6.07) is 4.03. The van der Waals surface area contributed by atoms with Gasteiger partial charge in [0.1, 0.15) is 0 Å². The Morgan fingerprint density at radius 3 is 2.43 bits per heavy atom. The zero-order valence-corrected chi connectivity index (χ0v) is 9.81. The first-order chi connectivity index (χ1) is 6.56. The molecule has 2 unspecified atom stereocenters. The zero-order valence-electron chi connectivity index (χ0n) is 8.23. The van der Waals surface area contributed by atoms with Crippen molar-refractivity contribution >= 4 is 15.9 Å². The van der Waals surface area contributed by atoms with Crippen LogP contribution in [0.1, 0.15) is 30.7 Å². The molecule has 2 atom stereocenters. The Bertz CT molecular complexity index is 312. The summed E-state index contributed by atoms with van der Waals surface area (Å²) in [5.74, 6) is -1.17. The van der Waals surface area contributed by atoms with Gasteiger partial charge in [-0.25, -0.2) is 8.78 Å². The third-order valence-corrected chi connectivity index (χ3v) is 3.84. The van der Waals surface area contributed by atoms with Crippen LogP contribution in [0.4, 0.5) is 8.78 Å². The first kappa shape index (κ1) is 11.6. The molecule has 1 aromatic rings. The smallest absolute Gasteiger partial charge is 0.159 e. The predicted molar refractivity (Wildman–Crippen MR) is 57.5 cm³/mol. The highest BCUT2D eigenvalue weighted by Crippen LogP contribution is 2.33. The molecule has 0 nitrogen and oxygen atoms in total. The molecule has 0 amide bonds. The Morgan fingerprint density at radius 2 is 1.93 bits per heavy atom. The highest BCUT2D eigenvalue weighted by atomic mass is 79.9. The predicted octanol–water partition coefficient (Wildman–Crippen LogP) is 4.45. The minimum absolute atomic E-state index is 0.0857. The van der Waals surface area contributed by atoms with E-state index < -0.39 is 11.6 Å². The molecule has 0 heterocycles. The summed E-state index contributed by atoms with van der Waals surface area (Å²) in [6.45, 7) is 4.14. The highest BCUT2D eigenvalue weighted by molar-refractivity contribution is 9.09. The molecule has 0 spiro atoms. The first-order valence-electron chi connectivity index (χ1n) is 4.65. The minimum Gasteiger partial charge on any atom is -0.204 e. The van der Waals surface area contributed by atoms with E-state index >= 15 is 0 Å². The van der Waals surface area contributed by atoms with E-state index in [1.54, 1.807) is 6.07 Å². The maximum Gasteiger partial charge on any atom is 0.159 e. The topological polar surface area (TPSA) is 0 Å². The van der Waals surface area contributed by atoms with Gasteiger partial charge in [-0.05, 0) is 23.6 Å². The van der Waals surface area contributed by atoms with E-state index in [-0.39, 0.29) is 4.83 Å². The van der Waals surface area contributed by atoms with Gasteiger partial charge in [0, 0.05) is 4.83 Å². The van der Waals surface area contributed by atoms with E-state index in [0.29, 0.717) is 5.92 Å². The van der Waals surface area contributed by atoms with Gasteiger partial charge in [0.15, 0.2) is 11.6 Å². The molecule has 78 valence electrons. The van der Waals surface area contributed by atoms with Crippen molar-refractivity contribution in [3.63, 3.8) is 0 Å². The van der Waals surface area contributed by atoms with Gasteiger partial charge in [-0.1, -0.05) is 42.3 Å². The Labute approximate surface area is 91.5 Å². The third-order valence-electron chi connectivity index (χ3n) is 2.41. The molecule has 3 heteroatoms. The lowest BCUT2D eigenvalue weighted by atomic mass is 9.99. The quantitative estimate of drug-likeness (QED) is 0.707. The maximum absolute atomic E-state index is 12.9. The molecule has 1 aromatic carbocycles. The second kappa shape index (κ2) is 4.87. The molecule has 0 N–H and O–H groups in total. The normalized spacial score (nSPS) is 15.2. The minimum atomic E-state index is -0.794. The Hall–Kier alpha value is -0.440. The lowest BCUT2D eigenvalue weighted by Crippen LogP contribution is -2.02. The van der Waals surface area contributed by atoms with Crippen LogP contribution in [0.15, 0.2) is 18.2 Å². The van der Waals surface area contributed by atoms with Crippen molar-refractivity contribution in [2.24, 2.45) is 5.92 Å². The molecule has 0 fully saturated rings. The van der Waals surface area contributed by atoms with Crippen molar-refractivity contribution in [3.05, 3.63) is 35.4 Å². The molecule has 0 aliphatic carbocycles. The van der Waals surface area contributed by atoms with E-state index in [1.807, 2.05) is 0 Å². The third kappa shape index (κ3) is 2.53. The van der Waals surface area contributed by atoms with Crippen molar-refractivity contribution in [3.8, 4) is 0 Å². The molecule has 0 radical (unpaired) electrons. The lowest BCUT2D eigenvalue weighted by molar-refractivity contribution is 0.502. The summed E-state index contributed by atoms with van der Waals surface area (Å²) in [5, 5.41) is 0. The van der Waals surface area contributed by atoms with Crippen molar-refractivity contribution in [2.75, 3.05) is 0 Å². The van der Waals surface area contributed by atoms with Crippen LogP contribution in [0.25, 0.3) is 0 Å². The molecule has 0 aromatic heterocycles. The van der Waals surface area contributed by atoms with Gasteiger partial charge in [-0.3, -0.25) is 0 Å². The van der Waals surface area contributed by atoms with Crippen LogP contribution in [0, 0.1) is 17.6 Å². The van der Waals surface area contributed by atoms with Crippen molar-refractivity contribution in [1.82, 2.24) is 0 Å². The standard InChI is InChI=1S/C11H13BrF2/c1-3-7(2)11(12)8-4-5-9(13)10(14)6-8/h4-7,11H,3H2,1-2H3. The first-order valence-corrected chi connectivity index (χ1v) is 5.56. The Kier molecular flexibility index (Phi) is 4.05. The SMILES string of the molecule is CCC(C)C(Br)c1ccc(F)c(F)c1.